The number of carbonyl (C=O) groups is 1. The van der Waals surface area contributed by atoms with Gasteiger partial charge in [-0.05, 0) is 101 Å². The second-order valence-electron chi connectivity index (χ2n) is 9.88. The monoisotopic (exact) mass is 457 g/mol. The zero-order chi connectivity index (χ0) is 24.8. The van der Waals surface area contributed by atoms with Gasteiger partial charge in [0.25, 0.3) is 0 Å². The van der Waals surface area contributed by atoms with Gasteiger partial charge < -0.3 is 14.3 Å². The van der Waals surface area contributed by atoms with E-state index in [4.69, 9.17) is 14.1 Å². The maximum absolute atomic E-state index is 12.5. The van der Waals surface area contributed by atoms with Gasteiger partial charge in [0.2, 0.25) is 0 Å². The van der Waals surface area contributed by atoms with E-state index in [1.54, 1.807) is 6.26 Å². The third-order valence-electron chi connectivity index (χ3n) is 6.15. The van der Waals surface area contributed by atoms with Crippen LogP contribution in [0.2, 0.25) is 0 Å². The summed E-state index contributed by atoms with van der Waals surface area (Å²) in [4.78, 5) is 17.4. The maximum atomic E-state index is 12.5. The van der Waals surface area contributed by atoms with Crippen molar-refractivity contribution < 1.29 is 19.1 Å². The highest BCUT2D eigenvalue weighted by Gasteiger charge is 2.33. The van der Waals surface area contributed by atoms with Gasteiger partial charge in [0.05, 0.1) is 17.6 Å². The van der Waals surface area contributed by atoms with Gasteiger partial charge in [-0.25, -0.2) is 4.79 Å². The Morgan fingerprint density at radius 2 is 1.68 bits per heavy atom. The average Bonchev–Trinajstić information content (AvgIpc) is 3.22. The van der Waals surface area contributed by atoms with E-state index in [9.17, 15) is 9.90 Å². The Kier molecular flexibility index (Phi) is 6.09. The number of carboxylic acid groups (broad SMARTS) is 1. The fourth-order valence-electron chi connectivity index (χ4n) is 4.38. The van der Waals surface area contributed by atoms with Crippen LogP contribution in [0, 0.1) is 27.7 Å². The Morgan fingerprint density at radius 1 is 0.971 bits per heavy atom. The SMILES string of the molecule is Cc1ccc(-c2nc(C)c([C@H](OC(C)(C)C)C(=O)O)c(-c3ccc4occc4c3)c2C)cc1C. The van der Waals surface area contributed by atoms with Crippen LogP contribution in [0.25, 0.3) is 33.4 Å². The minimum atomic E-state index is -1.16. The summed E-state index contributed by atoms with van der Waals surface area (Å²) in [6, 6.07) is 14.1. The summed E-state index contributed by atoms with van der Waals surface area (Å²) in [6.45, 7) is 13.6. The minimum Gasteiger partial charge on any atom is -0.479 e. The number of hydrogen-bond acceptors (Lipinski definition) is 4. The van der Waals surface area contributed by atoms with Gasteiger partial charge in [0.15, 0.2) is 6.10 Å². The van der Waals surface area contributed by atoms with Crippen LogP contribution in [0.3, 0.4) is 0 Å². The molecule has 2 aromatic carbocycles. The average molecular weight is 458 g/mol. The van der Waals surface area contributed by atoms with Crippen LogP contribution in [0.15, 0.2) is 53.1 Å². The lowest BCUT2D eigenvalue weighted by Gasteiger charge is -2.29. The molecule has 0 unspecified atom stereocenters. The second kappa shape index (κ2) is 8.73. The number of benzene rings is 2. The molecule has 34 heavy (non-hydrogen) atoms. The summed E-state index contributed by atoms with van der Waals surface area (Å²) < 4.78 is 11.6. The molecule has 5 nitrogen and oxygen atoms in total. The first-order valence-electron chi connectivity index (χ1n) is 11.4. The fraction of sp³-hybridized carbons (Fsp3) is 0.310. The third kappa shape index (κ3) is 4.48. The van der Waals surface area contributed by atoms with Crippen molar-refractivity contribution in [2.24, 2.45) is 0 Å². The number of fused-ring (bicyclic) bond motifs is 1. The Hall–Kier alpha value is -3.44. The smallest absolute Gasteiger partial charge is 0.337 e. The number of aromatic nitrogens is 1. The van der Waals surface area contributed by atoms with Crippen molar-refractivity contribution in [1.29, 1.82) is 0 Å². The highest BCUT2D eigenvalue weighted by molar-refractivity contribution is 5.89. The number of aliphatic carboxylic acids is 1. The first-order valence-corrected chi connectivity index (χ1v) is 11.4. The Morgan fingerprint density at radius 3 is 2.32 bits per heavy atom. The second-order valence-corrected chi connectivity index (χ2v) is 9.88. The van der Waals surface area contributed by atoms with Gasteiger partial charge in [0, 0.05) is 22.2 Å². The number of rotatable bonds is 5. The number of carboxylic acids is 1. The van der Waals surface area contributed by atoms with Crippen LogP contribution >= 0.6 is 0 Å². The number of hydrogen-bond donors (Lipinski definition) is 1. The summed E-state index contributed by atoms with van der Waals surface area (Å²) in [7, 11) is 0. The van der Waals surface area contributed by atoms with Crippen molar-refractivity contribution in [1.82, 2.24) is 4.98 Å². The molecule has 2 heterocycles. The molecule has 1 N–H and O–H groups in total. The van der Waals surface area contributed by atoms with Crippen molar-refractivity contribution in [3.63, 3.8) is 0 Å². The Balaban J connectivity index is 2.05. The lowest BCUT2D eigenvalue weighted by molar-refractivity contribution is -0.160. The standard InChI is InChI=1S/C29H31NO4/c1-16-8-9-22(14-17(16)2)26-18(3)24(21-10-11-23-20(15-21)12-13-33-23)25(19(4)30-26)27(28(31)32)34-29(5,6)7/h8-15,27H,1-7H3,(H,31,32)/t27-/m0/s1. The molecule has 0 aliphatic rings. The summed E-state index contributed by atoms with van der Waals surface area (Å²) in [5.41, 5.74) is 8.23. The molecule has 4 aromatic rings. The zero-order valence-corrected chi connectivity index (χ0v) is 20.8. The molecular formula is C29H31NO4. The van der Waals surface area contributed by atoms with E-state index in [0.717, 1.165) is 38.9 Å². The first kappa shape index (κ1) is 23.7. The van der Waals surface area contributed by atoms with Crippen LogP contribution < -0.4 is 0 Å². The van der Waals surface area contributed by atoms with Crippen molar-refractivity contribution in [3.05, 3.63) is 76.7 Å². The maximum Gasteiger partial charge on any atom is 0.337 e. The van der Waals surface area contributed by atoms with Crippen LogP contribution in [0.5, 0.6) is 0 Å². The lowest BCUT2D eigenvalue weighted by atomic mass is 9.88. The van der Waals surface area contributed by atoms with Gasteiger partial charge in [-0.15, -0.1) is 0 Å². The third-order valence-corrected chi connectivity index (χ3v) is 6.15. The van der Waals surface area contributed by atoms with Gasteiger partial charge in [-0.3, -0.25) is 4.98 Å². The van der Waals surface area contributed by atoms with Crippen LogP contribution in [0.1, 0.15) is 54.8 Å². The zero-order valence-electron chi connectivity index (χ0n) is 20.8. The highest BCUT2D eigenvalue weighted by atomic mass is 16.5. The molecule has 0 saturated heterocycles. The highest BCUT2D eigenvalue weighted by Crippen LogP contribution is 2.41. The van der Waals surface area contributed by atoms with Gasteiger partial charge >= 0.3 is 5.97 Å². The molecule has 4 rings (SSSR count). The molecule has 5 heteroatoms. The lowest BCUT2D eigenvalue weighted by Crippen LogP contribution is -2.28. The molecule has 0 aliphatic heterocycles. The fourth-order valence-corrected chi connectivity index (χ4v) is 4.38. The summed E-state index contributed by atoms with van der Waals surface area (Å²) in [6.07, 6.45) is 0.499. The molecule has 0 aliphatic carbocycles. The number of aryl methyl sites for hydroxylation is 3. The van der Waals surface area contributed by atoms with Crippen LogP contribution in [-0.2, 0) is 9.53 Å². The van der Waals surface area contributed by atoms with E-state index in [1.807, 2.05) is 58.9 Å². The van der Waals surface area contributed by atoms with E-state index < -0.39 is 17.7 Å². The molecule has 176 valence electrons. The molecule has 0 bridgehead atoms. The van der Waals surface area contributed by atoms with E-state index in [2.05, 4.69) is 32.0 Å². The first-order chi connectivity index (χ1) is 16.0. The van der Waals surface area contributed by atoms with E-state index in [-0.39, 0.29) is 0 Å². The molecule has 0 saturated carbocycles. The normalized spacial score (nSPS) is 12.8. The number of nitrogens with zero attached hydrogens (tertiary/aromatic N) is 1. The molecule has 0 fully saturated rings. The van der Waals surface area contributed by atoms with Crippen LogP contribution in [0.4, 0.5) is 0 Å². The number of furan rings is 1. The molecule has 0 amide bonds. The quantitative estimate of drug-likeness (QED) is 0.339. The van der Waals surface area contributed by atoms with Crippen molar-refractivity contribution in [3.8, 4) is 22.4 Å². The summed E-state index contributed by atoms with van der Waals surface area (Å²) >= 11 is 0. The molecule has 1 atom stereocenters. The van der Waals surface area contributed by atoms with Crippen molar-refractivity contribution >= 4 is 16.9 Å². The summed E-state index contributed by atoms with van der Waals surface area (Å²) in [5.74, 6) is -1.04. The number of pyridine rings is 1. The largest absolute Gasteiger partial charge is 0.479 e. The topological polar surface area (TPSA) is 72.6 Å². The van der Waals surface area contributed by atoms with E-state index in [0.29, 0.717) is 11.3 Å². The molecule has 0 radical (unpaired) electrons. The van der Waals surface area contributed by atoms with Gasteiger partial charge in [-0.2, -0.15) is 0 Å². The van der Waals surface area contributed by atoms with Crippen molar-refractivity contribution in [2.75, 3.05) is 0 Å². The predicted octanol–water partition coefficient (Wildman–Crippen LogP) is 7.34. The predicted molar refractivity (Wildman–Crippen MR) is 135 cm³/mol. The summed E-state index contributed by atoms with van der Waals surface area (Å²) in [5, 5.41) is 11.2. The Bertz CT molecular complexity index is 1390. The molecular weight excluding hydrogens is 426 g/mol. The van der Waals surface area contributed by atoms with Crippen LogP contribution in [-0.4, -0.2) is 21.7 Å². The minimum absolute atomic E-state index is 0.579. The Labute approximate surface area is 200 Å². The number of ether oxygens (including phenoxy) is 1. The molecule has 2 aromatic heterocycles. The van der Waals surface area contributed by atoms with Crippen molar-refractivity contribution in [2.45, 2.75) is 60.2 Å². The van der Waals surface area contributed by atoms with E-state index >= 15 is 0 Å². The molecule has 0 spiro atoms. The van der Waals surface area contributed by atoms with Gasteiger partial charge in [-0.1, -0.05) is 18.2 Å². The van der Waals surface area contributed by atoms with E-state index in [1.165, 1.54) is 11.1 Å². The van der Waals surface area contributed by atoms with Gasteiger partial charge in [0.1, 0.15) is 5.58 Å².